The lowest BCUT2D eigenvalue weighted by Crippen LogP contribution is -2.27. The summed E-state index contributed by atoms with van der Waals surface area (Å²) in [4.78, 5) is 0. The summed E-state index contributed by atoms with van der Waals surface area (Å²) in [5, 5.41) is 0. The molecule has 0 spiro atoms. The van der Waals surface area contributed by atoms with Crippen molar-refractivity contribution >= 4 is 0 Å². The topological polar surface area (TPSA) is 9.23 Å². The number of ether oxygens (including phenoxy) is 1. The van der Waals surface area contributed by atoms with Crippen LogP contribution in [0.15, 0.2) is 24.3 Å². The summed E-state index contributed by atoms with van der Waals surface area (Å²) in [5.41, 5.74) is 0. The quantitative estimate of drug-likeness (QED) is 0.303. The number of hydrogen-bond acceptors (Lipinski definition) is 1. The van der Waals surface area contributed by atoms with Gasteiger partial charge < -0.3 is 4.74 Å². The number of fused-ring (bicyclic) bond motifs is 5. The van der Waals surface area contributed by atoms with E-state index in [0.717, 1.165) is 30.3 Å². The average molecular weight is 317 g/mol. The Morgan fingerprint density at radius 2 is 1.39 bits per heavy atom. The lowest BCUT2D eigenvalue weighted by molar-refractivity contribution is 0.0331. The van der Waals surface area contributed by atoms with E-state index < -0.39 is 0 Å². The number of unbranched alkanes of at least 4 members (excludes halogenated alkanes) is 9. The molecule has 0 aromatic rings. The van der Waals surface area contributed by atoms with Crippen LogP contribution in [0.1, 0.15) is 77.6 Å². The molecule has 23 heavy (non-hydrogen) atoms. The molecule has 130 valence electrons. The van der Waals surface area contributed by atoms with Crippen LogP contribution in [0.5, 0.6) is 0 Å². The third-order valence-electron chi connectivity index (χ3n) is 6.29. The molecule has 1 saturated carbocycles. The van der Waals surface area contributed by atoms with E-state index in [0.29, 0.717) is 6.10 Å². The summed E-state index contributed by atoms with van der Waals surface area (Å²) in [7, 11) is 0. The summed E-state index contributed by atoms with van der Waals surface area (Å²) in [5.74, 6) is 3.20. The van der Waals surface area contributed by atoms with E-state index in [1.807, 2.05) is 0 Å². The Kier molecular flexibility index (Phi) is 6.80. The molecule has 3 aliphatic carbocycles. The molecular formula is C22H36O. The van der Waals surface area contributed by atoms with E-state index in [2.05, 4.69) is 31.2 Å². The second-order valence-corrected chi connectivity index (χ2v) is 8.01. The van der Waals surface area contributed by atoms with E-state index in [-0.39, 0.29) is 0 Å². The van der Waals surface area contributed by atoms with Crippen LogP contribution in [0.3, 0.4) is 0 Å². The molecule has 0 aromatic carbocycles. The molecule has 0 amide bonds. The maximum atomic E-state index is 6.22. The van der Waals surface area contributed by atoms with Crippen LogP contribution in [0.25, 0.3) is 0 Å². The molecule has 2 bridgehead atoms. The maximum absolute atomic E-state index is 6.22. The van der Waals surface area contributed by atoms with Gasteiger partial charge >= 0.3 is 0 Å². The monoisotopic (exact) mass is 316 g/mol. The summed E-state index contributed by atoms with van der Waals surface area (Å²) < 4.78 is 6.22. The molecule has 0 aromatic heterocycles. The lowest BCUT2D eigenvalue weighted by atomic mass is 9.84. The summed E-state index contributed by atoms with van der Waals surface area (Å²) in [6.07, 6.45) is 25.5. The van der Waals surface area contributed by atoms with Crippen molar-refractivity contribution in [1.82, 2.24) is 0 Å². The molecule has 5 atom stereocenters. The Morgan fingerprint density at radius 1 is 0.739 bits per heavy atom. The van der Waals surface area contributed by atoms with E-state index >= 15 is 0 Å². The minimum absolute atomic E-state index is 0.415. The van der Waals surface area contributed by atoms with E-state index in [1.54, 1.807) is 0 Å². The van der Waals surface area contributed by atoms with Crippen LogP contribution < -0.4 is 0 Å². The zero-order chi connectivity index (χ0) is 15.9. The molecule has 1 nitrogen and oxygen atoms in total. The molecule has 0 radical (unpaired) electrons. The van der Waals surface area contributed by atoms with Gasteiger partial charge in [-0.15, -0.1) is 0 Å². The Balaban J connectivity index is 1.17. The Bertz CT molecular complexity index is 397. The van der Waals surface area contributed by atoms with Gasteiger partial charge in [-0.2, -0.15) is 0 Å². The third kappa shape index (κ3) is 4.50. The van der Waals surface area contributed by atoms with Crippen molar-refractivity contribution in [3.63, 3.8) is 0 Å². The first kappa shape index (κ1) is 17.3. The van der Waals surface area contributed by atoms with Gasteiger partial charge in [-0.3, -0.25) is 0 Å². The largest absolute Gasteiger partial charge is 0.374 e. The second kappa shape index (κ2) is 9.06. The van der Waals surface area contributed by atoms with Gasteiger partial charge in [0.15, 0.2) is 0 Å². The molecule has 3 rings (SSSR count). The van der Waals surface area contributed by atoms with Crippen molar-refractivity contribution in [2.45, 2.75) is 83.7 Å². The van der Waals surface area contributed by atoms with Crippen molar-refractivity contribution in [2.75, 3.05) is 6.61 Å². The van der Waals surface area contributed by atoms with E-state index in [4.69, 9.17) is 4.74 Å². The molecule has 0 aliphatic heterocycles. The normalized spacial score (nSPS) is 33.7. The van der Waals surface area contributed by atoms with Crippen molar-refractivity contribution in [2.24, 2.45) is 23.7 Å². The van der Waals surface area contributed by atoms with Gasteiger partial charge in [-0.25, -0.2) is 0 Å². The van der Waals surface area contributed by atoms with Gasteiger partial charge in [0.25, 0.3) is 0 Å². The van der Waals surface area contributed by atoms with Crippen LogP contribution in [-0.2, 0) is 4.74 Å². The highest BCUT2D eigenvalue weighted by molar-refractivity contribution is 5.24. The van der Waals surface area contributed by atoms with Crippen molar-refractivity contribution in [3.05, 3.63) is 24.3 Å². The molecule has 1 heteroatoms. The van der Waals surface area contributed by atoms with Crippen LogP contribution in [0.4, 0.5) is 0 Å². The maximum Gasteiger partial charge on any atom is 0.0795 e. The fourth-order valence-electron chi connectivity index (χ4n) is 4.97. The molecule has 0 heterocycles. The smallest absolute Gasteiger partial charge is 0.0795 e. The molecule has 3 aliphatic rings. The van der Waals surface area contributed by atoms with Crippen LogP contribution in [0, 0.1) is 23.7 Å². The van der Waals surface area contributed by atoms with E-state index in [9.17, 15) is 0 Å². The number of allylic oxidation sites excluding steroid dienone is 3. The Labute approximate surface area is 143 Å². The number of rotatable bonds is 12. The molecule has 1 fully saturated rings. The lowest BCUT2D eigenvalue weighted by Gasteiger charge is -2.26. The third-order valence-corrected chi connectivity index (χ3v) is 6.29. The summed E-state index contributed by atoms with van der Waals surface area (Å²) in [6.45, 7) is 3.26. The summed E-state index contributed by atoms with van der Waals surface area (Å²) in [6, 6.07) is 0. The zero-order valence-electron chi connectivity index (χ0n) is 15.1. The number of hydrogen-bond donors (Lipinski definition) is 0. The van der Waals surface area contributed by atoms with Gasteiger partial charge in [-0.05, 0) is 30.6 Å². The molecule has 5 unspecified atom stereocenters. The molecular weight excluding hydrogens is 280 g/mol. The van der Waals surface area contributed by atoms with Crippen LogP contribution >= 0.6 is 0 Å². The highest BCUT2D eigenvalue weighted by atomic mass is 16.5. The Morgan fingerprint density at radius 3 is 2.13 bits per heavy atom. The highest BCUT2D eigenvalue weighted by Crippen LogP contribution is 2.53. The van der Waals surface area contributed by atoms with Crippen molar-refractivity contribution < 1.29 is 4.74 Å². The summed E-state index contributed by atoms with van der Waals surface area (Å²) >= 11 is 0. The van der Waals surface area contributed by atoms with Gasteiger partial charge in [0.2, 0.25) is 0 Å². The fraction of sp³-hybridized carbons (Fsp3) is 0.818. The average Bonchev–Trinajstić information content (AvgIpc) is 3.26. The SMILES string of the molecule is CCCCCCCCCCCCOC1C=CC2C3C=CC(C3)C12. The van der Waals surface area contributed by atoms with Gasteiger partial charge in [0, 0.05) is 12.5 Å². The first-order chi connectivity index (χ1) is 11.4. The Hall–Kier alpha value is -0.560. The second-order valence-electron chi connectivity index (χ2n) is 8.01. The minimum Gasteiger partial charge on any atom is -0.374 e. The fourth-order valence-corrected chi connectivity index (χ4v) is 4.97. The van der Waals surface area contributed by atoms with Crippen molar-refractivity contribution in [3.8, 4) is 0 Å². The van der Waals surface area contributed by atoms with E-state index in [1.165, 1.54) is 70.6 Å². The standard InChI is InChI=1S/C22H36O/c1-2-3-4-5-6-7-8-9-10-11-16-23-21-15-14-20-18-12-13-19(17-18)22(20)21/h12-15,18-22H,2-11,16-17H2,1H3. The highest BCUT2D eigenvalue weighted by Gasteiger charge is 2.49. The predicted octanol–water partition coefficient (Wildman–Crippen LogP) is 6.30. The zero-order valence-corrected chi connectivity index (χ0v) is 15.1. The van der Waals surface area contributed by atoms with Crippen LogP contribution in [-0.4, -0.2) is 12.7 Å². The first-order valence-corrected chi connectivity index (χ1v) is 10.4. The minimum atomic E-state index is 0.415. The van der Waals surface area contributed by atoms with Gasteiger partial charge in [0.1, 0.15) is 0 Å². The predicted molar refractivity (Wildman–Crippen MR) is 98.4 cm³/mol. The first-order valence-electron chi connectivity index (χ1n) is 10.4. The molecule has 0 N–H and O–H groups in total. The van der Waals surface area contributed by atoms with Crippen molar-refractivity contribution in [1.29, 1.82) is 0 Å². The van der Waals surface area contributed by atoms with Gasteiger partial charge in [0.05, 0.1) is 6.10 Å². The van der Waals surface area contributed by atoms with Gasteiger partial charge in [-0.1, -0.05) is 89.0 Å². The van der Waals surface area contributed by atoms with Crippen LogP contribution in [0.2, 0.25) is 0 Å². The molecule has 0 saturated heterocycles.